The van der Waals surface area contributed by atoms with Crippen LogP contribution in [0.3, 0.4) is 0 Å². The molecule has 1 nitrogen and oxygen atoms in total. The molecule has 0 saturated heterocycles. The Morgan fingerprint density at radius 3 is 2.75 bits per heavy atom. The smallest absolute Gasteiger partial charge is 0.0226 e. The molecule has 1 N–H and O–H groups in total. The topological polar surface area (TPSA) is 12.0 Å². The maximum atomic E-state index is 5.65. The molecule has 12 heavy (non-hydrogen) atoms. The minimum atomic E-state index is 0.700. The monoisotopic (exact) mass is 209 g/mol. The van der Waals surface area contributed by atoms with Crippen molar-refractivity contribution in [3.63, 3.8) is 0 Å². The summed E-state index contributed by atoms with van der Waals surface area (Å²) in [5.41, 5.74) is 1.54. The first-order valence-electron chi connectivity index (χ1n) is 4.37. The third-order valence-corrected chi connectivity index (χ3v) is 2.28. The van der Waals surface area contributed by atoms with Crippen molar-refractivity contribution in [1.29, 1.82) is 0 Å². The van der Waals surface area contributed by atoms with E-state index in [0.29, 0.717) is 5.92 Å². The van der Waals surface area contributed by atoms with Gasteiger partial charge in [-0.3, -0.25) is 0 Å². The number of alkyl halides is 1. The number of rotatable bonds is 7. The van der Waals surface area contributed by atoms with E-state index in [1.165, 1.54) is 12.0 Å². The molecular weight excluding hydrogens is 193 g/mol. The summed E-state index contributed by atoms with van der Waals surface area (Å²) in [6.45, 7) is 4.07. The first-order valence-corrected chi connectivity index (χ1v) is 5.34. The summed E-state index contributed by atoms with van der Waals surface area (Å²) in [5, 5.41) is 3.29. The molecule has 0 saturated carbocycles. The fourth-order valence-electron chi connectivity index (χ4n) is 1.02. The number of hydrogen-bond donors (Lipinski definition) is 1. The van der Waals surface area contributed by atoms with Gasteiger partial charge in [0.15, 0.2) is 0 Å². The standard InChI is InChI=1S/C9H17Cl2N/c1-2-9(4-6-11)8-12-7-3-5-10/h3,5,9,12H,2,4,6-8H2,1H3/b5-3+. The predicted octanol–water partition coefficient (Wildman–Crippen LogP) is 2.98. The summed E-state index contributed by atoms with van der Waals surface area (Å²) in [5.74, 6) is 1.46. The maximum absolute atomic E-state index is 5.65. The summed E-state index contributed by atoms with van der Waals surface area (Å²) in [4.78, 5) is 0. The molecular formula is C9H17Cl2N. The van der Waals surface area contributed by atoms with Gasteiger partial charge in [-0.2, -0.15) is 0 Å². The summed E-state index contributed by atoms with van der Waals surface area (Å²) >= 11 is 11.0. The number of halogens is 2. The quantitative estimate of drug-likeness (QED) is 0.503. The lowest BCUT2D eigenvalue weighted by molar-refractivity contribution is 0.463. The Kier molecular flexibility index (Phi) is 9.59. The first-order chi connectivity index (χ1) is 5.85. The normalized spacial score (nSPS) is 13.9. The first kappa shape index (κ1) is 12.3. The summed E-state index contributed by atoms with van der Waals surface area (Å²) in [6, 6.07) is 0. The zero-order chi connectivity index (χ0) is 9.23. The van der Waals surface area contributed by atoms with Gasteiger partial charge in [-0.1, -0.05) is 31.0 Å². The minimum absolute atomic E-state index is 0.700. The Bertz CT molecular complexity index is 115. The van der Waals surface area contributed by atoms with Crippen LogP contribution in [0.25, 0.3) is 0 Å². The average molecular weight is 210 g/mol. The summed E-state index contributed by atoms with van der Waals surface area (Å²) in [6.07, 6.45) is 4.18. The highest BCUT2D eigenvalue weighted by atomic mass is 35.5. The highest BCUT2D eigenvalue weighted by Gasteiger charge is 2.03. The van der Waals surface area contributed by atoms with Gasteiger partial charge in [0.1, 0.15) is 0 Å². The second-order valence-electron chi connectivity index (χ2n) is 2.77. The molecule has 0 aliphatic rings. The van der Waals surface area contributed by atoms with Crippen LogP contribution in [-0.4, -0.2) is 19.0 Å². The molecule has 3 heteroatoms. The Labute approximate surface area is 85.1 Å². The van der Waals surface area contributed by atoms with E-state index in [1.54, 1.807) is 0 Å². The minimum Gasteiger partial charge on any atom is -0.313 e. The Hall–Kier alpha value is 0.280. The van der Waals surface area contributed by atoms with E-state index in [0.717, 1.165) is 25.4 Å². The third-order valence-electron chi connectivity index (χ3n) is 1.88. The Morgan fingerprint density at radius 1 is 1.50 bits per heavy atom. The largest absolute Gasteiger partial charge is 0.313 e. The second-order valence-corrected chi connectivity index (χ2v) is 3.40. The van der Waals surface area contributed by atoms with Crippen LogP contribution in [0.2, 0.25) is 0 Å². The maximum Gasteiger partial charge on any atom is 0.0226 e. The van der Waals surface area contributed by atoms with Crippen molar-refractivity contribution in [3.05, 3.63) is 11.6 Å². The van der Waals surface area contributed by atoms with Gasteiger partial charge in [0.2, 0.25) is 0 Å². The highest BCUT2D eigenvalue weighted by Crippen LogP contribution is 2.07. The van der Waals surface area contributed by atoms with Gasteiger partial charge in [-0.05, 0) is 18.9 Å². The van der Waals surface area contributed by atoms with Crippen LogP contribution in [0.15, 0.2) is 11.6 Å². The molecule has 72 valence electrons. The van der Waals surface area contributed by atoms with E-state index in [2.05, 4.69) is 12.2 Å². The van der Waals surface area contributed by atoms with Gasteiger partial charge in [0, 0.05) is 18.0 Å². The molecule has 0 fully saturated rings. The predicted molar refractivity (Wildman–Crippen MR) is 57.0 cm³/mol. The average Bonchev–Trinajstić information content (AvgIpc) is 2.10. The molecule has 0 aliphatic heterocycles. The van der Waals surface area contributed by atoms with Crippen LogP contribution in [0, 0.1) is 5.92 Å². The van der Waals surface area contributed by atoms with Crippen LogP contribution >= 0.6 is 23.2 Å². The third kappa shape index (κ3) is 6.96. The van der Waals surface area contributed by atoms with Crippen molar-refractivity contribution < 1.29 is 0 Å². The van der Waals surface area contributed by atoms with Crippen LogP contribution in [0.1, 0.15) is 19.8 Å². The second kappa shape index (κ2) is 9.37. The Morgan fingerprint density at radius 2 is 2.25 bits per heavy atom. The molecule has 0 rings (SSSR count). The Balaban J connectivity index is 3.31. The van der Waals surface area contributed by atoms with E-state index < -0.39 is 0 Å². The zero-order valence-corrected chi connectivity index (χ0v) is 9.04. The van der Waals surface area contributed by atoms with Crippen LogP contribution in [0.4, 0.5) is 0 Å². The molecule has 0 bridgehead atoms. The van der Waals surface area contributed by atoms with Crippen molar-refractivity contribution in [1.82, 2.24) is 5.32 Å². The van der Waals surface area contributed by atoms with Crippen molar-refractivity contribution in [2.75, 3.05) is 19.0 Å². The summed E-state index contributed by atoms with van der Waals surface area (Å²) < 4.78 is 0. The molecule has 0 aromatic heterocycles. The van der Waals surface area contributed by atoms with Crippen LogP contribution in [-0.2, 0) is 0 Å². The van der Waals surface area contributed by atoms with Crippen molar-refractivity contribution in [2.45, 2.75) is 19.8 Å². The molecule has 1 atom stereocenters. The van der Waals surface area contributed by atoms with E-state index in [4.69, 9.17) is 23.2 Å². The van der Waals surface area contributed by atoms with Crippen molar-refractivity contribution in [3.8, 4) is 0 Å². The van der Waals surface area contributed by atoms with Gasteiger partial charge in [0.25, 0.3) is 0 Å². The molecule has 0 heterocycles. The lowest BCUT2D eigenvalue weighted by Gasteiger charge is -2.12. The van der Waals surface area contributed by atoms with E-state index in [-0.39, 0.29) is 0 Å². The molecule has 0 aliphatic carbocycles. The molecule has 1 unspecified atom stereocenters. The zero-order valence-electron chi connectivity index (χ0n) is 7.52. The van der Waals surface area contributed by atoms with Crippen LogP contribution in [0.5, 0.6) is 0 Å². The van der Waals surface area contributed by atoms with E-state index in [1.807, 2.05) is 6.08 Å². The van der Waals surface area contributed by atoms with Crippen molar-refractivity contribution in [2.24, 2.45) is 5.92 Å². The van der Waals surface area contributed by atoms with Gasteiger partial charge < -0.3 is 5.32 Å². The van der Waals surface area contributed by atoms with E-state index in [9.17, 15) is 0 Å². The van der Waals surface area contributed by atoms with Gasteiger partial charge in [-0.15, -0.1) is 11.6 Å². The SMILES string of the molecule is CCC(CCCl)CNC/C=C/Cl. The van der Waals surface area contributed by atoms with Gasteiger partial charge >= 0.3 is 0 Å². The highest BCUT2D eigenvalue weighted by molar-refractivity contribution is 6.25. The number of nitrogens with one attached hydrogen (secondary N) is 1. The fraction of sp³-hybridized carbons (Fsp3) is 0.778. The van der Waals surface area contributed by atoms with Crippen LogP contribution < -0.4 is 5.32 Å². The van der Waals surface area contributed by atoms with Gasteiger partial charge in [0.05, 0.1) is 0 Å². The molecule has 0 radical (unpaired) electrons. The van der Waals surface area contributed by atoms with Gasteiger partial charge in [-0.25, -0.2) is 0 Å². The lowest BCUT2D eigenvalue weighted by atomic mass is 10.0. The molecule has 0 amide bonds. The lowest BCUT2D eigenvalue weighted by Crippen LogP contribution is -2.22. The molecule has 0 spiro atoms. The molecule has 0 aromatic rings. The van der Waals surface area contributed by atoms with E-state index >= 15 is 0 Å². The summed E-state index contributed by atoms with van der Waals surface area (Å²) in [7, 11) is 0. The number of hydrogen-bond acceptors (Lipinski definition) is 1. The fourth-order valence-corrected chi connectivity index (χ4v) is 1.42. The molecule has 0 aromatic carbocycles. The van der Waals surface area contributed by atoms with Crippen molar-refractivity contribution >= 4 is 23.2 Å².